The SMILES string of the molecule is COC(=O)CCc1ccc(S(=O)(=O)Nc2ccc(C(=O)NNC(=O)O)cc2)cc1. The fraction of sp³-hybridized carbons (Fsp3) is 0.167. The third kappa shape index (κ3) is 6.50. The number of carboxylic acid groups (broad SMARTS) is 1. The van der Waals surface area contributed by atoms with E-state index in [0.717, 1.165) is 5.56 Å². The van der Waals surface area contributed by atoms with E-state index < -0.39 is 22.0 Å². The lowest BCUT2D eigenvalue weighted by Crippen LogP contribution is -2.40. The molecule has 4 N–H and O–H groups in total. The van der Waals surface area contributed by atoms with Gasteiger partial charge in [0.15, 0.2) is 0 Å². The van der Waals surface area contributed by atoms with Crippen molar-refractivity contribution in [3.8, 4) is 0 Å². The molecule has 0 spiro atoms. The van der Waals surface area contributed by atoms with Crippen molar-refractivity contribution in [3.63, 3.8) is 0 Å². The van der Waals surface area contributed by atoms with E-state index in [1.165, 1.54) is 43.5 Å². The van der Waals surface area contributed by atoms with E-state index in [1.807, 2.05) is 5.43 Å². The highest BCUT2D eigenvalue weighted by Gasteiger charge is 2.15. The standard InChI is InChI=1S/C18H19N3O7S/c1-28-16(22)11-4-12-2-9-15(10-3-12)29(26,27)21-14-7-5-13(6-8-14)17(23)19-20-18(24)25/h2-3,5-10,20-21H,4,11H2,1H3,(H,19,23)(H,24,25). The number of methoxy groups -OCH3 is 1. The zero-order valence-corrected chi connectivity index (χ0v) is 16.2. The van der Waals surface area contributed by atoms with Crippen LogP contribution in [0.1, 0.15) is 22.3 Å². The monoisotopic (exact) mass is 421 g/mol. The first-order chi connectivity index (χ1) is 13.7. The number of amides is 2. The second-order valence-electron chi connectivity index (χ2n) is 5.79. The maximum Gasteiger partial charge on any atom is 0.423 e. The van der Waals surface area contributed by atoms with Crippen LogP contribution in [0.3, 0.4) is 0 Å². The molecular weight excluding hydrogens is 402 g/mol. The minimum Gasteiger partial charge on any atom is -0.469 e. The number of hydrogen-bond donors (Lipinski definition) is 4. The number of hydrogen-bond acceptors (Lipinski definition) is 6. The predicted octanol–water partition coefficient (Wildman–Crippen LogP) is 1.51. The first kappa shape index (κ1) is 21.7. The van der Waals surface area contributed by atoms with Gasteiger partial charge in [-0.1, -0.05) is 12.1 Å². The molecule has 0 atom stereocenters. The van der Waals surface area contributed by atoms with Gasteiger partial charge in [0.2, 0.25) is 0 Å². The van der Waals surface area contributed by atoms with Crippen molar-refractivity contribution in [2.75, 3.05) is 11.8 Å². The smallest absolute Gasteiger partial charge is 0.423 e. The Hall–Kier alpha value is -3.60. The Morgan fingerprint density at radius 1 is 0.966 bits per heavy atom. The number of esters is 1. The number of anilines is 1. The topological polar surface area (TPSA) is 151 Å². The number of ether oxygens (including phenoxy) is 1. The van der Waals surface area contributed by atoms with Gasteiger partial charge < -0.3 is 9.84 Å². The van der Waals surface area contributed by atoms with Crippen LogP contribution in [-0.2, 0) is 26.0 Å². The Morgan fingerprint density at radius 2 is 1.59 bits per heavy atom. The molecule has 2 amide bonds. The maximum absolute atomic E-state index is 12.5. The summed E-state index contributed by atoms with van der Waals surface area (Å²) in [7, 11) is -2.55. The normalized spacial score (nSPS) is 10.7. The van der Waals surface area contributed by atoms with Crippen LogP contribution in [0.5, 0.6) is 0 Å². The summed E-state index contributed by atoms with van der Waals surface area (Å²) in [5.74, 6) is -1.04. The molecule has 10 nitrogen and oxygen atoms in total. The van der Waals surface area contributed by atoms with Gasteiger partial charge in [-0.15, -0.1) is 0 Å². The summed E-state index contributed by atoms with van der Waals surface area (Å²) >= 11 is 0. The summed E-state index contributed by atoms with van der Waals surface area (Å²) in [5, 5.41) is 8.45. The number of carbonyl (C=O) groups is 3. The Morgan fingerprint density at radius 3 is 2.14 bits per heavy atom. The highest BCUT2D eigenvalue weighted by atomic mass is 32.2. The van der Waals surface area contributed by atoms with Crippen molar-refractivity contribution in [2.24, 2.45) is 0 Å². The first-order valence-corrected chi connectivity index (χ1v) is 9.77. The summed E-state index contributed by atoms with van der Waals surface area (Å²) in [6, 6.07) is 11.5. The van der Waals surface area contributed by atoms with Crippen molar-refractivity contribution >= 4 is 33.7 Å². The molecule has 2 aromatic carbocycles. The number of rotatable bonds is 7. The second-order valence-corrected chi connectivity index (χ2v) is 7.47. The lowest BCUT2D eigenvalue weighted by atomic mass is 10.1. The molecule has 0 saturated heterocycles. The van der Waals surface area contributed by atoms with Gasteiger partial charge >= 0.3 is 12.1 Å². The predicted molar refractivity (Wildman–Crippen MR) is 103 cm³/mol. The van der Waals surface area contributed by atoms with Crippen molar-refractivity contribution in [3.05, 3.63) is 59.7 Å². The van der Waals surface area contributed by atoms with E-state index >= 15 is 0 Å². The first-order valence-electron chi connectivity index (χ1n) is 8.29. The minimum atomic E-state index is -3.85. The molecule has 0 aliphatic rings. The lowest BCUT2D eigenvalue weighted by molar-refractivity contribution is -0.140. The van der Waals surface area contributed by atoms with Crippen LogP contribution in [0.25, 0.3) is 0 Å². The number of benzene rings is 2. The van der Waals surface area contributed by atoms with Crippen molar-refractivity contribution in [2.45, 2.75) is 17.7 Å². The number of aryl methyl sites for hydroxylation is 1. The molecule has 0 radical (unpaired) electrons. The third-order valence-corrected chi connectivity index (χ3v) is 5.16. The van der Waals surface area contributed by atoms with Gasteiger partial charge in [0.25, 0.3) is 15.9 Å². The van der Waals surface area contributed by atoms with Crippen molar-refractivity contribution in [1.29, 1.82) is 0 Å². The van der Waals surface area contributed by atoms with Crippen molar-refractivity contribution in [1.82, 2.24) is 10.9 Å². The van der Waals surface area contributed by atoms with E-state index in [2.05, 4.69) is 9.46 Å². The number of sulfonamides is 1. The number of nitrogens with one attached hydrogen (secondary N) is 3. The average molecular weight is 421 g/mol. The Bertz CT molecular complexity index is 987. The fourth-order valence-electron chi connectivity index (χ4n) is 2.27. The maximum atomic E-state index is 12.5. The molecule has 0 aromatic heterocycles. The largest absolute Gasteiger partial charge is 0.469 e. The molecule has 154 valence electrons. The summed E-state index contributed by atoms with van der Waals surface area (Å²) in [4.78, 5) is 33.3. The fourth-order valence-corrected chi connectivity index (χ4v) is 3.33. The second kappa shape index (κ2) is 9.55. The van der Waals surface area contributed by atoms with Crippen LogP contribution in [0.4, 0.5) is 10.5 Å². The Labute approximate surface area is 166 Å². The van der Waals surface area contributed by atoms with Gasteiger partial charge in [-0.2, -0.15) is 0 Å². The van der Waals surface area contributed by atoms with E-state index in [1.54, 1.807) is 17.6 Å². The van der Waals surface area contributed by atoms with Crippen LogP contribution < -0.4 is 15.6 Å². The molecule has 0 heterocycles. The molecule has 0 saturated carbocycles. The van der Waals surface area contributed by atoms with Crippen molar-refractivity contribution < 1.29 is 32.6 Å². The summed E-state index contributed by atoms with van der Waals surface area (Å²) in [6.45, 7) is 0. The Kier molecular flexibility index (Phi) is 7.15. The van der Waals surface area contributed by atoms with Crippen LogP contribution in [0.15, 0.2) is 53.4 Å². The zero-order chi connectivity index (χ0) is 21.4. The number of hydrazine groups is 1. The highest BCUT2D eigenvalue weighted by molar-refractivity contribution is 7.92. The molecular formula is C18H19N3O7S. The molecule has 29 heavy (non-hydrogen) atoms. The van der Waals surface area contributed by atoms with Gasteiger partial charge in [-0.3, -0.25) is 19.7 Å². The van der Waals surface area contributed by atoms with E-state index in [-0.39, 0.29) is 28.5 Å². The summed E-state index contributed by atoms with van der Waals surface area (Å²) in [6.07, 6.45) is -0.789. The molecule has 0 fully saturated rings. The minimum absolute atomic E-state index is 0.0341. The molecule has 0 unspecified atom stereocenters. The summed E-state index contributed by atoms with van der Waals surface area (Å²) in [5.41, 5.74) is 4.83. The van der Waals surface area contributed by atoms with Gasteiger partial charge in [0.1, 0.15) is 0 Å². The van der Waals surface area contributed by atoms with Gasteiger partial charge in [0.05, 0.1) is 12.0 Å². The molecule has 0 aliphatic heterocycles. The van der Waals surface area contributed by atoms with Crippen LogP contribution in [0.2, 0.25) is 0 Å². The zero-order valence-electron chi connectivity index (χ0n) is 15.3. The van der Waals surface area contributed by atoms with Crippen LogP contribution >= 0.6 is 0 Å². The molecule has 11 heteroatoms. The third-order valence-electron chi connectivity index (χ3n) is 3.76. The van der Waals surface area contributed by atoms with Gasteiger partial charge in [-0.25, -0.2) is 18.6 Å². The molecule has 2 rings (SSSR count). The van der Waals surface area contributed by atoms with Gasteiger partial charge in [-0.05, 0) is 48.4 Å². The molecule has 2 aromatic rings. The highest BCUT2D eigenvalue weighted by Crippen LogP contribution is 2.18. The number of carbonyl (C=O) groups excluding carboxylic acids is 2. The van der Waals surface area contributed by atoms with E-state index in [9.17, 15) is 22.8 Å². The van der Waals surface area contributed by atoms with E-state index in [0.29, 0.717) is 6.42 Å². The van der Waals surface area contributed by atoms with Gasteiger partial charge in [0, 0.05) is 17.7 Å². The van der Waals surface area contributed by atoms with Crippen LogP contribution in [0, 0.1) is 0 Å². The molecule has 0 aliphatic carbocycles. The average Bonchev–Trinajstić information content (AvgIpc) is 2.70. The van der Waals surface area contributed by atoms with Crippen LogP contribution in [-0.4, -0.2) is 38.6 Å². The Balaban J connectivity index is 2.02. The summed E-state index contributed by atoms with van der Waals surface area (Å²) < 4.78 is 31.9. The lowest BCUT2D eigenvalue weighted by Gasteiger charge is -2.10. The molecule has 0 bridgehead atoms. The van der Waals surface area contributed by atoms with E-state index in [4.69, 9.17) is 5.11 Å². The quantitative estimate of drug-likeness (QED) is 0.391.